The fraction of sp³-hybridized carbons (Fsp3) is 0.400. The van der Waals surface area contributed by atoms with Crippen LogP contribution in [0.15, 0.2) is 29.2 Å². The number of benzene rings is 1. The number of imide groups is 1. The van der Waals surface area contributed by atoms with Crippen molar-refractivity contribution >= 4 is 27.9 Å². The number of urea groups is 1. The van der Waals surface area contributed by atoms with Crippen LogP contribution < -0.4 is 20.5 Å². The van der Waals surface area contributed by atoms with Crippen LogP contribution >= 0.6 is 0 Å². The number of amides is 3. The number of hydrogen-bond donors (Lipinski definition) is 3. The number of primary amides is 1. The Bertz CT molecular complexity index is 747. The molecule has 4 N–H and O–H groups in total. The van der Waals surface area contributed by atoms with Gasteiger partial charge in [-0.05, 0) is 38.1 Å². The second kappa shape index (κ2) is 9.73. The number of carbonyl (C=O) groups excluding carboxylic acids is 3. The molecule has 0 aliphatic carbocycles. The van der Waals surface area contributed by atoms with Crippen molar-refractivity contribution < 1.29 is 32.3 Å². The average Bonchev–Trinajstić information content (AvgIpc) is 2.54. The van der Waals surface area contributed by atoms with Gasteiger partial charge in [-0.25, -0.2) is 17.9 Å². The first kappa shape index (κ1) is 21.4. The largest absolute Gasteiger partial charge is 0.494 e. The van der Waals surface area contributed by atoms with Gasteiger partial charge in [-0.15, -0.1) is 0 Å². The van der Waals surface area contributed by atoms with Crippen molar-refractivity contribution in [3.63, 3.8) is 0 Å². The highest BCUT2D eigenvalue weighted by Gasteiger charge is 2.20. The van der Waals surface area contributed by atoms with Crippen LogP contribution in [-0.2, 0) is 24.3 Å². The lowest BCUT2D eigenvalue weighted by Crippen LogP contribution is -2.42. The van der Waals surface area contributed by atoms with E-state index in [1.807, 2.05) is 6.92 Å². The number of nitrogens with one attached hydrogen (secondary N) is 2. The van der Waals surface area contributed by atoms with Crippen molar-refractivity contribution in [1.82, 2.24) is 10.0 Å². The van der Waals surface area contributed by atoms with Crippen molar-refractivity contribution in [2.75, 3.05) is 13.2 Å². The fourth-order valence-electron chi connectivity index (χ4n) is 1.79. The third-order valence-corrected chi connectivity index (χ3v) is 4.47. The third-order valence-electron chi connectivity index (χ3n) is 2.99. The summed E-state index contributed by atoms with van der Waals surface area (Å²) in [6, 6.07) is 4.72. The van der Waals surface area contributed by atoms with Gasteiger partial charge in [0, 0.05) is 6.54 Å². The van der Waals surface area contributed by atoms with Gasteiger partial charge < -0.3 is 15.2 Å². The minimum atomic E-state index is -3.80. The van der Waals surface area contributed by atoms with E-state index in [4.69, 9.17) is 15.2 Å². The van der Waals surface area contributed by atoms with Crippen LogP contribution in [0, 0.1) is 0 Å². The van der Waals surface area contributed by atoms with E-state index >= 15 is 0 Å². The number of sulfonamides is 1. The Kier molecular flexibility index (Phi) is 8.00. The molecule has 11 heteroatoms. The first-order chi connectivity index (χ1) is 12.2. The summed E-state index contributed by atoms with van der Waals surface area (Å²) in [7, 11) is -3.80. The Morgan fingerprint density at radius 3 is 2.35 bits per heavy atom. The van der Waals surface area contributed by atoms with Crippen LogP contribution in [0.5, 0.6) is 5.75 Å². The van der Waals surface area contributed by atoms with E-state index in [1.54, 1.807) is 5.32 Å². The Hall–Kier alpha value is -2.66. The molecule has 1 aromatic carbocycles. The van der Waals surface area contributed by atoms with Crippen LogP contribution in [0.4, 0.5) is 4.79 Å². The normalized spacial score (nSPS) is 12.1. The number of carbonyl (C=O) groups is 3. The van der Waals surface area contributed by atoms with Crippen molar-refractivity contribution in [2.45, 2.75) is 31.3 Å². The van der Waals surface area contributed by atoms with E-state index in [2.05, 4.69) is 4.72 Å². The lowest BCUT2D eigenvalue weighted by molar-refractivity contribution is -0.154. The van der Waals surface area contributed by atoms with Crippen molar-refractivity contribution in [2.24, 2.45) is 5.73 Å². The van der Waals surface area contributed by atoms with Gasteiger partial charge in [-0.2, -0.15) is 0 Å². The van der Waals surface area contributed by atoms with Crippen molar-refractivity contribution in [3.8, 4) is 5.75 Å². The molecule has 0 aromatic heterocycles. The zero-order valence-electron chi connectivity index (χ0n) is 14.4. The van der Waals surface area contributed by atoms with E-state index in [-0.39, 0.29) is 17.9 Å². The van der Waals surface area contributed by atoms with Gasteiger partial charge in [0.25, 0.3) is 5.91 Å². The Morgan fingerprint density at radius 2 is 1.81 bits per heavy atom. The zero-order chi connectivity index (χ0) is 19.7. The first-order valence-electron chi connectivity index (χ1n) is 7.68. The first-order valence-corrected chi connectivity index (χ1v) is 9.16. The van der Waals surface area contributed by atoms with Crippen LogP contribution in [0.3, 0.4) is 0 Å². The summed E-state index contributed by atoms with van der Waals surface area (Å²) >= 11 is 0. The lowest BCUT2D eigenvalue weighted by Gasteiger charge is -2.12. The van der Waals surface area contributed by atoms with E-state index < -0.39 is 34.0 Å². The van der Waals surface area contributed by atoms with E-state index in [9.17, 15) is 22.8 Å². The SMILES string of the molecule is CCOc1ccc(S(=O)(=O)NCCC(=O)O[C@@H](C)C(=O)NC(N)=O)cc1. The van der Waals surface area contributed by atoms with Crippen molar-refractivity contribution in [1.29, 1.82) is 0 Å². The van der Waals surface area contributed by atoms with Crippen LogP contribution in [0.25, 0.3) is 0 Å². The van der Waals surface area contributed by atoms with Gasteiger partial charge in [0.05, 0.1) is 17.9 Å². The van der Waals surface area contributed by atoms with Crippen LogP contribution in [-0.4, -0.2) is 45.6 Å². The summed E-state index contributed by atoms with van der Waals surface area (Å²) in [6.07, 6.45) is -1.54. The minimum Gasteiger partial charge on any atom is -0.494 e. The molecule has 26 heavy (non-hydrogen) atoms. The molecule has 0 aliphatic heterocycles. The molecule has 0 unspecified atom stereocenters. The molecule has 10 nitrogen and oxygen atoms in total. The molecule has 0 radical (unpaired) electrons. The van der Waals surface area contributed by atoms with Crippen LogP contribution in [0.2, 0.25) is 0 Å². The Labute approximate surface area is 151 Å². The van der Waals surface area contributed by atoms with Gasteiger partial charge in [0.15, 0.2) is 6.10 Å². The zero-order valence-corrected chi connectivity index (χ0v) is 15.2. The summed E-state index contributed by atoms with van der Waals surface area (Å²) in [6.45, 7) is 3.30. The van der Waals surface area contributed by atoms with Gasteiger partial charge >= 0.3 is 12.0 Å². The molecule has 0 aliphatic rings. The van der Waals surface area contributed by atoms with Crippen molar-refractivity contribution in [3.05, 3.63) is 24.3 Å². The Balaban J connectivity index is 2.49. The molecular weight excluding hydrogens is 366 g/mol. The van der Waals surface area contributed by atoms with Gasteiger partial charge in [-0.1, -0.05) is 0 Å². The third kappa shape index (κ3) is 7.07. The maximum atomic E-state index is 12.1. The predicted octanol–water partition coefficient (Wildman–Crippen LogP) is -0.120. The van der Waals surface area contributed by atoms with Gasteiger partial charge in [0.2, 0.25) is 10.0 Å². The Morgan fingerprint density at radius 1 is 1.19 bits per heavy atom. The smallest absolute Gasteiger partial charge is 0.318 e. The molecular formula is C15H21N3O7S. The van der Waals surface area contributed by atoms with Gasteiger partial charge in [0.1, 0.15) is 5.75 Å². The average molecular weight is 387 g/mol. The molecule has 3 amide bonds. The molecule has 0 heterocycles. The maximum Gasteiger partial charge on any atom is 0.318 e. The number of esters is 1. The van der Waals surface area contributed by atoms with Gasteiger partial charge in [-0.3, -0.25) is 14.9 Å². The van der Waals surface area contributed by atoms with E-state index in [1.165, 1.54) is 31.2 Å². The van der Waals surface area contributed by atoms with E-state index in [0.717, 1.165) is 0 Å². The molecule has 0 saturated carbocycles. The quantitative estimate of drug-likeness (QED) is 0.499. The highest BCUT2D eigenvalue weighted by molar-refractivity contribution is 7.89. The summed E-state index contributed by atoms with van der Waals surface area (Å²) < 4.78 is 36.5. The summed E-state index contributed by atoms with van der Waals surface area (Å²) in [5, 5.41) is 1.76. The maximum absolute atomic E-state index is 12.1. The topological polar surface area (TPSA) is 154 Å². The molecule has 0 saturated heterocycles. The number of ether oxygens (including phenoxy) is 2. The molecule has 1 atom stereocenters. The number of nitrogens with two attached hydrogens (primary N) is 1. The molecule has 0 fully saturated rings. The molecule has 0 bridgehead atoms. The summed E-state index contributed by atoms with van der Waals surface area (Å²) in [4.78, 5) is 33.5. The fourth-order valence-corrected chi connectivity index (χ4v) is 2.82. The standard InChI is InChI=1S/C15H21N3O7S/c1-3-24-11-4-6-12(7-5-11)26(22,23)17-9-8-13(19)25-10(2)14(20)18-15(16)21/h4-7,10,17H,3,8-9H2,1-2H3,(H3,16,18,20,21)/t10-/m0/s1. The second-order valence-corrected chi connectivity index (χ2v) is 6.80. The molecule has 1 aromatic rings. The lowest BCUT2D eigenvalue weighted by atomic mass is 10.3. The monoisotopic (exact) mass is 387 g/mol. The highest BCUT2D eigenvalue weighted by atomic mass is 32.2. The highest BCUT2D eigenvalue weighted by Crippen LogP contribution is 2.15. The minimum absolute atomic E-state index is 0.0172. The second-order valence-electron chi connectivity index (χ2n) is 5.04. The number of rotatable bonds is 9. The molecule has 144 valence electrons. The van der Waals surface area contributed by atoms with Crippen LogP contribution in [0.1, 0.15) is 20.3 Å². The molecule has 1 rings (SSSR count). The van der Waals surface area contributed by atoms with E-state index in [0.29, 0.717) is 12.4 Å². The molecule has 0 spiro atoms. The summed E-state index contributed by atoms with van der Waals surface area (Å²) in [5.74, 6) is -1.15. The number of hydrogen-bond acceptors (Lipinski definition) is 7. The summed E-state index contributed by atoms with van der Waals surface area (Å²) in [5.41, 5.74) is 4.78. The predicted molar refractivity (Wildman–Crippen MR) is 90.7 cm³/mol.